The van der Waals surface area contributed by atoms with E-state index in [-0.39, 0.29) is 26.4 Å². The molecular formula is C17H29F3N2O6. The summed E-state index contributed by atoms with van der Waals surface area (Å²) < 4.78 is 31.7. The predicted molar refractivity (Wildman–Crippen MR) is 96.6 cm³/mol. The number of nitrogens with one attached hydrogen (secondary N) is 1. The largest absolute Gasteiger partial charge is 0.490 e. The van der Waals surface area contributed by atoms with Crippen LogP contribution in [0, 0.1) is 0 Å². The summed E-state index contributed by atoms with van der Waals surface area (Å²) in [5.41, 5.74) is 1.20. The molecular weight excluding hydrogens is 385 g/mol. The van der Waals surface area contributed by atoms with E-state index < -0.39 is 12.1 Å². The van der Waals surface area contributed by atoms with Crippen molar-refractivity contribution in [1.29, 1.82) is 0 Å². The number of aliphatic carboxylic acids is 1. The molecule has 0 saturated heterocycles. The molecule has 0 atom stereocenters. The van der Waals surface area contributed by atoms with E-state index in [0.717, 1.165) is 6.54 Å². The minimum absolute atomic E-state index is 0.132. The third-order valence-corrected chi connectivity index (χ3v) is 2.90. The van der Waals surface area contributed by atoms with Gasteiger partial charge in [-0.1, -0.05) is 30.3 Å². The van der Waals surface area contributed by atoms with Crippen molar-refractivity contribution >= 4 is 5.97 Å². The number of hydrogen-bond donors (Lipinski definition) is 6. The number of hydrogen-bond acceptors (Lipinski definition) is 7. The Morgan fingerprint density at radius 3 is 1.64 bits per heavy atom. The van der Waals surface area contributed by atoms with Crippen molar-refractivity contribution in [3.05, 3.63) is 35.9 Å². The van der Waals surface area contributed by atoms with Crippen molar-refractivity contribution in [2.45, 2.75) is 12.7 Å². The molecule has 8 nitrogen and oxygen atoms in total. The van der Waals surface area contributed by atoms with Crippen molar-refractivity contribution in [2.24, 2.45) is 0 Å². The van der Waals surface area contributed by atoms with Crippen LogP contribution in [0.5, 0.6) is 0 Å². The fourth-order valence-electron chi connectivity index (χ4n) is 1.68. The number of alkyl halides is 3. The summed E-state index contributed by atoms with van der Waals surface area (Å²) in [6.45, 7) is 3.67. The topological polar surface area (TPSA) is 133 Å². The van der Waals surface area contributed by atoms with Crippen LogP contribution in [-0.2, 0) is 11.3 Å². The van der Waals surface area contributed by atoms with E-state index in [2.05, 4.69) is 5.32 Å². The highest BCUT2D eigenvalue weighted by atomic mass is 19.4. The molecule has 0 aromatic heterocycles. The summed E-state index contributed by atoms with van der Waals surface area (Å²) in [5.74, 6) is -2.76. The van der Waals surface area contributed by atoms with Gasteiger partial charge in [0.2, 0.25) is 0 Å². The smallest absolute Gasteiger partial charge is 0.475 e. The first-order valence-corrected chi connectivity index (χ1v) is 8.43. The van der Waals surface area contributed by atoms with Gasteiger partial charge in [0, 0.05) is 32.7 Å². The molecule has 6 N–H and O–H groups in total. The van der Waals surface area contributed by atoms with Crippen LogP contribution in [0.15, 0.2) is 30.3 Å². The molecule has 1 aromatic rings. The van der Waals surface area contributed by atoms with Gasteiger partial charge in [-0.2, -0.15) is 13.2 Å². The second-order valence-corrected chi connectivity index (χ2v) is 5.21. The summed E-state index contributed by atoms with van der Waals surface area (Å²) in [6.07, 6.45) is -5.08. The van der Waals surface area contributed by atoms with Crippen LogP contribution < -0.4 is 5.32 Å². The van der Waals surface area contributed by atoms with Gasteiger partial charge in [-0.05, 0) is 5.56 Å². The summed E-state index contributed by atoms with van der Waals surface area (Å²) in [4.78, 5) is 10.9. The van der Waals surface area contributed by atoms with Crippen molar-refractivity contribution in [2.75, 3.05) is 52.6 Å². The zero-order valence-electron chi connectivity index (χ0n) is 15.5. The van der Waals surface area contributed by atoms with Crippen LogP contribution in [0.25, 0.3) is 0 Å². The first-order chi connectivity index (χ1) is 13.2. The van der Waals surface area contributed by atoms with Crippen LogP contribution >= 0.6 is 0 Å². The van der Waals surface area contributed by atoms with Gasteiger partial charge in [-0.3, -0.25) is 4.90 Å². The summed E-state index contributed by atoms with van der Waals surface area (Å²) in [6, 6.07) is 10.0. The predicted octanol–water partition coefficient (Wildman–Crippen LogP) is -0.333. The van der Waals surface area contributed by atoms with Gasteiger partial charge in [-0.25, -0.2) is 4.79 Å². The lowest BCUT2D eigenvalue weighted by atomic mass is 10.2. The van der Waals surface area contributed by atoms with Crippen LogP contribution in [0.3, 0.4) is 0 Å². The van der Waals surface area contributed by atoms with E-state index in [9.17, 15) is 13.2 Å². The lowest BCUT2D eigenvalue weighted by Crippen LogP contribution is -2.29. The van der Waals surface area contributed by atoms with Crippen LogP contribution in [0.1, 0.15) is 5.56 Å². The number of carboxylic acid groups (broad SMARTS) is 1. The van der Waals surface area contributed by atoms with Crippen LogP contribution in [0.2, 0.25) is 0 Å². The highest BCUT2D eigenvalue weighted by molar-refractivity contribution is 5.73. The Morgan fingerprint density at radius 2 is 1.32 bits per heavy atom. The number of benzene rings is 1. The maximum absolute atomic E-state index is 10.6. The van der Waals surface area contributed by atoms with Crippen molar-refractivity contribution < 1.29 is 43.5 Å². The Morgan fingerprint density at radius 1 is 0.893 bits per heavy atom. The van der Waals surface area contributed by atoms with Gasteiger partial charge >= 0.3 is 12.1 Å². The van der Waals surface area contributed by atoms with Gasteiger partial charge in [0.25, 0.3) is 0 Å². The average Bonchev–Trinajstić information content (AvgIpc) is 2.64. The zero-order chi connectivity index (χ0) is 21.8. The molecule has 1 aromatic carbocycles. The van der Waals surface area contributed by atoms with Crippen LogP contribution in [-0.4, -0.2) is 95.2 Å². The van der Waals surface area contributed by atoms with Gasteiger partial charge in [-0.15, -0.1) is 0 Å². The summed E-state index contributed by atoms with van der Waals surface area (Å²) in [7, 11) is 0. The third-order valence-electron chi connectivity index (χ3n) is 2.90. The van der Waals surface area contributed by atoms with E-state index in [1.807, 2.05) is 35.2 Å². The molecule has 11 heteroatoms. The molecule has 1 rings (SSSR count). The summed E-state index contributed by atoms with van der Waals surface area (Å²) >= 11 is 0. The van der Waals surface area contributed by atoms with Crippen molar-refractivity contribution in [3.8, 4) is 0 Å². The molecule has 0 aliphatic rings. The molecule has 0 bridgehead atoms. The Bertz CT molecular complexity index is 468. The van der Waals surface area contributed by atoms with Crippen molar-refractivity contribution in [1.82, 2.24) is 10.2 Å². The number of aliphatic hydroxyl groups is 4. The monoisotopic (exact) mass is 414 g/mol. The Balaban J connectivity index is 0. The molecule has 0 unspecified atom stereocenters. The van der Waals surface area contributed by atoms with Gasteiger partial charge < -0.3 is 30.8 Å². The van der Waals surface area contributed by atoms with Gasteiger partial charge in [0.1, 0.15) is 0 Å². The van der Waals surface area contributed by atoms with Gasteiger partial charge in [0.05, 0.1) is 26.4 Å². The number of rotatable bonds is 10. The second kappa shape index (κ2) is 18.6. The van der Waals surface area contributed by atoms with E-state index in [1.165, 1.54) is 5.56 Å². The van der Waals surface area contributed by atoms with Crippen molar-refractivity contribution in [3.63, 3.8) is 0 Å². The molecule has 0 radical (unpaired) electrons. The minimum atomic E-state index is -5.08. The molecule has 0 amide bonds. The maximum Gasteiger partial charge on any atom is 0.490 e. The first kappa shape index (κ1) is 28.4. The molecule has 28 heavy (non-hydrogen) atoms. The molecule has 0 fully saturated rings. The molecule has 0 saturated carbocycles. The van der Waals surface area contributed by atoms with Crippen LogP contribution in [0.4, 0.5) is 13.2 Å². The maximum atomic E-state index is 10.6. The molecule has 0 heterocycles. The quantitative estimate of drug-likeness (QED) is 0.287. The number of nitrogens with zero attached hydrogens (tertiary/aromatic N) is 1. The van der Waals surface area contributed by atoms with E-state index in [1.54, 1.807) is 0 Å². The first-order valence-electron chi connectivity index (χ1n) is 8.43. The fraction of sp³-hybridized carbons (Fsp3) is 0.588. The SMILES string of the molecule is O=C(O)C(F)(F)F.OCCN(CCO)Cc1ccccc1.OCCNCCO. The Kier molecular flexibility index (Phi) is 18.9. The van der Waals surface area contributed by atoms with E-state index >= 15 is 0 Å². The second-order valence-electron chi connectivity index (χ2n) is 5.21. The number of halogens is 3. The molecule has 164 valence electrons. The Hall–Kier alpha value is -1.76. The minimum Gasteiger partial charge on any atom is -0.475 e. The fourth-order valence-corrected chi connectivity index (χ4v) is 1.68. The lowest BCUT2D eigenvalue weighted by Gasteiger charge is -2.19. The number of aliphatic hydroxyl groups excluding tert-OH is 4. The van der Waals surface area contributed by atoms with Gasteiger partial charge in [0.15, 0.2) is 0 Å². The zero-order valence-corrected chi connectivity index (χ0v) is 15.5. The summed E-state index contributed by atoms with van der Waals surface area (Å²) in [5, 5.41) is 43.8. The Labute approximate surface area is 161 Å². The lowest BCUT2D eigenvalue weighted by molar-refractivity contribution is -0.192. The van der Waals surface area contributed by atoms with E-state index in [0.29, 0.717) is 26.2 Å². The average molecular weight is 414 g/mol. The highest BCUT2D eigenvalue weighted by Gasteiger charge is 2.38. The third kappa shape index (κ3) is 19.0. The highest BCUT2D eigenvalue weighted by Crippen LogP contribution is 2.13. The van der Waals surface area contributed by atoms with E-state index in [4.69, 9.17) is 30.3 Å². The normalized spacial score (nSPS) is 10.6. The standard InChI is InChI=1S/C11H17NO2.C4H11NO2.C2HF3O2/c13-8-6-12(7-9-14)10-11-4-2-1-3-5-11;6-3-1-5-2-4-7;3-2(4,5)1(6)7/h1-5,13-14H,6-10H2;5-7H,1-4H2;(H,6,7). The number of carboxylic acids is 1. The number of carbonyl (C=O) groups is 1. The molecule has 0 aliphatic heterocycles. The molecule has 0 spiro atoms. The molecule has 0 aliphatic carbocycles.